The third kappa shape index (κ3) is 3.76. The van der Waals surface area contributed by atoms with Crippen molar-refractivity contribution in [2.75, 3.05) is 0 Å². The van der Waals surface area contributed by atoms with E-state index in [0.717, 1.165) is 4.88 Å². The molecule has 3 rings (SSSR count). The second-order valence-electron chi connectivity index (χ2n) is 4.55. The van der Waals surface area contributed by atoms with E-state index in [1.54, 1.807) is 35.6 Å². The van der Waals surface area contributed by atoms with Crippen molar-refractivity contribution in [3.05, 3.63) is 52.7 Å². The number of nitrogens with two attached hydrogens (primary N) is 1. The number of nitrogens with zero attached hydrogens (tertiary/aromatic N) is 2. The molecule has 0 amide bonds. The summed E-state index contributed by atoms with van der Waals surface area (Å²) < 4.78 is 28.4. The maximum atomic E-state index is 12.3. The van der Waals surface area contributed by atoms with Gasteiger partial charge in [-0.3, -0.25) is 0 Å². The minimum absolute atomic E-state index is 0.222. The molecular weight excluding hydrogens is 380 g/mol. The van der Waals surface area contributed by atoms with E-state index in [9.17, 15) is 3.74 Å². The van der Waals surface area contributed by atoms with Crippen LogP contribution in [-0.4, -0.2) is 33.2 Å². The van der Waals surface area contributed by atoms with Crippen LogP contribution in [0.15, 0.2) is 58.0 Å². The van der Waals surface area contributed by atoms with Crippen LogP contribution in [0.4, 0.5) is 0 Å². The Morgan fingerprint density at radius 1 is 1.22 bits per heavy atom. The fourth-order valence-electron chi connectivity index (χ4n) is 1.79. The van der Waals surface area contributed by atoms with Crippen LogP contribution in [0.25, 0.3) is 0 Å². The predicted octanol–water partition coefficient (Wildman–Crippen LogP) is 1.11. The van der Waals surface area contributed by atoms with Gasteiger partial charge >= 0.3 is 140 Å². The summed E-state index contributed by atoms with van der Waals surface area (Å²) in [4.78, 5) is 0.981. The van der Waals surface area contributed by atoms with Crippen molar-refractivity contribution in [3.63, 3.8) is 0 Å². The first-order valence-electron chi connectivity index (χ1n) is 6.67. The van der Waals surface area contributed by atoms with Crippen LogP contribution in [-0.2, 0) is 15.7 Å². The van der Waals surface area contributed by atoms with E-state index in [2.05, 4.69) is 10.2 Å². The van der Waals surface area contributed by atoms with Gasteiger partial charge in [0, 0.05) is 0 Å². The molecule has 0 atom stereocenters. The van der Waals surface area contributed by atoms with Gasteiger partial charge in [-0.25, -0.2) is 0 Å². The molecule has 0 spiro atoms. The van der Waals surface area contributed by atoms with E-state index < -0.39 is 21.5 Å². The normalized spacial score (nSPS) is 17.7. The Hall–Kier alpha value is -1.80. The van der Waals surface area contributed by atoms with Crippen LogP contribution >= 0.6 is 11.3 Å². The van der Waals surface area contributed by atoms with Crippen LogP contribution in [0.1, 0.15) is 11.8 Å². The summed E-state index contributed by atoms with van der Waals surface area (Å²) in [5.74, 6) is 0. The van der Waals surface area contributed by atoms with E-state index in [-0.39, 0.29) is 6.02 Å². The summed E-state index contributed by atoms with van der Waals surface area (Å²) in [6, 6.07) is 12.3. The number of hydrogen-bond acceptors (Lipinski definition) is 7. The van der Waals surface area contributed by atoms with E-state index in [1.165, 1.54) is 0 Å². The van der Waals surface area contributed by atoms with Gasteiger partial charge in [-0.15, -0.1) is 0 Å². The molecule has 0 bridgehead atoms. The molecule has 118 valence electrons. The number of amidine groups is 1. The van der Waals surface area contributed by atoms with Crippen molar-refractivity contribution in [1.82, 2.24) is 0 Å². The summed E-state index contributed by atoms with van der Waals surface area (Å²) in [5, 5.41) is 9.65. The van der Waals surface area contributed by atoms with Gasteiger partial charge in [0.25, 0.3) is 0 Å². The Labute approximate surface area is 140 Å². The molecule has 1 saturated heterocycles. The first kappa shape index (κ1) is 16.1. The molecule has 0 unspecified atom stereocenters. The Morgan fingerprint density at radius 3 is 2.61 bits per heavy atom. The summed E-state index contributed by atoms with van der Waals surface area (Å²) in [5.41, 5.74) is 6.30. The fourth-order valence-corrected chi connectivity index (χ4v) is 5.26. The van der Waals surface area contributed by atoms with Crippen LogP contribution < -0.4 is 10.1 Å². The summed E-state index contributed by atoms with van der Waals surface area (Å²) in [6.45, 7) is 1.81. The van der Waals surface area contributed by atoms with E-state index in [0.29, 0.717) is 10.1 Å². The molecule has 1 aliphatic rings. The molecule has 1 aromatic carbocycles. The van der Waals surface area contributed by atoms with Gasteiger partial charge in [0.15, 0.2) is 0 Å². The molecular formula is C13H13AsBN3O4S. The van der Waals surface area contributed by atoms with Gasteiger partial charge in [0.2, 0.25) is 0 Å². The van der Waals surface area contributed by atoms with Crippen LogP contribution in [0, 0.1) is 0 Å². The van der Waals surface area contributed by atoms with Crippen molar-refractivity contribution in [2.24, 2.45) is 15.9 Å². The number of hydrogen-bond donors (Lipinski definition) is 1. The molecule has 0 radical (unpaired) electrons. The summed E-state index contributed by atoms with van der Waals surface area (Å²) >= 11 is -2.43. The van der Waals surface area contributed by atoms with Gasteiger partial charge < -0.3 is 0 Å². The molecule has 1 aromatic heterocycles. The standard InChI is InChI=1S/C13H13AsBN3O4S/c1-10(12-8-5-9-23-12)17-18-13(16)20-15-21-14(19,22-15)11-6-3-2-4-7-11/h2-9H,1H3,(H2,16,18)/b17-10-. The van der Waals surface area contributed by atoms with Gasteiger partial charge in [-0.05, 0) is 0 Å². The minimum atomic E-state index is -3.97. The summed E-state index contributed by atoms with van der Waals surface area (Å²) in [6.07, 6.45) is 0. The zero-order valence-corrected chi connectivity index (χ0v) is 14.8. The van der Waals surface area contributed by atoms with Crippen LogP contribution in [0.5, 0.6) is 0 Å². The number of benzene rings is 1. The van der Waals surface area contributed by atoms with Crippen molar-refractivity contribution < 1.29 is 15.7 Å². The van der Waals surface area contributed by atoms with Gasteiger partial charge in [0.05, 0.1) is 0 Å². The van der Waals surface area contributed by atoms with Gasteiger partial charge in [-0.2, -0.15) is 0 Å². The molecule has 23 heavy (non-hydrogen) atoms. The fraction of sp³-hybridized carbons (Fsp3) is 0.0769. The molecule has 0 saturated carbocycles. The van der Waals surface area contributed by atoms with E-state index in [4.69, 9.17) is 17.7 Å². The van der Waals surface area contributed by atoms with Crippen LogP contribution in [0.2, 0.25) is 0 Å². The average Bonchev–Trinajstić information content (AvgIpc) is 3.06. The zero-order valence-electron chi connectivity index (χ0n) is 12.2. The van der Waals surface area contributed by atoms with Gasteiger partial charge in [0.1, 0.15) is 0 Å². The third-order valence-corrected chi connectivity index (χ3v) is 7.73. The number of thiophene rings is 1. The topological polar surface area (TPSA) is 95.5 Å². The number of rotatable bonds is 4. The van der Waals surface area contributed by atoms with E-state index in [1.807, 2.05) is 30.5 Å². The van der Waals surface area contributed by atoms with E-state index >= 15 is 0 Å². The Bertz CT molecular complexity index is 772. The quantitative estimate of drug-likeness (QED) is 0.364. The Balaban J connectivity index is 1.56. The summed E-state index contributed by atoms with van der Waals surface area (Å²) in [7, 11) is -1.12. The zero-order chi connectivity index (χ0) is 16.3. The van der Waals surface area contributed by atoms with Crippen molar-refractivity contribution in [1.29, 1.82) is 0 Å². The molecule has 10 heteroatoms. The van der Waals surface area contributed by atoms with Crippen molar-refractivity contribution in [3.8, 4) is 0 Å². The molecule has 2 heterocycles. The van der Waals surface area contributed by atoms with Gasteiger partial charge in [-0.1, -0.05) is 0 Å². The molecule has 0 aliphatic carbocycles. The second kappa shape index (κ2) is 6.76. The molecule has 2 aromatic rings. The molecule has 7 nitrogen and oxygen atoms in total. The average molecular weight is 393 g/mol. The Kier molecular flexibility index (Phi) is 4.72. The first-order valence-corrected chi connectivity index (χ1v) is 10.8. The van der Waals surface area contributed by atoms with Crippen LogP contribution in [0.3, 0.4) is 0 Å². The molecule has 1 aliphatic heterocycles. The monoisotopic (exact) mass is 393 g/mol. The first-order chi connectivity index (χ1) is 11.1. The van der Waals surface area contributed by atoms with Crippen molar-refractivity contribution >= 4 is 48.9 Å². The molecule has 1 fully saturated rings. The third-order valence-electron chi connectivity index (χ3n) is 2.92. The Morgan fingerprint density at radius 2 is 1.96 bits per heavy atom. The SMILES string of the molecule is C/C(=N/N=C(/N)OB1O[As](=O)(c2ccccc2)O1)c1cccs1. The maximum absolute atomic E-state index is 12.3. The second-order valence-corrected chi connectivity index (χ2v) is 9.55. The predicted molar refractivity (Wildman–Crippen MR) is 89.7 cm³/mol. The van der Waals surface area contributed by atoms with Crippen molar-refractivity contribution in [2.45, 2.75) is 6.92 Å². The molecule has 2 N–H and O–H groups in total.